The van der Waals surface area contributed by atoms with Gasteiger partial charge in [-0.05, 0) is 13.8 Å². The van der Waals surface area contributed by atoms with E-state index in [4.69, 9.17) is 10.2 Å². The number of carboxylic acids is 1. The van der Waals surface area contributed by atoms with Crippen LogP contribution in [0.5, 0.6) is 0 Å². The lowest BCUT2D eigenvalue weighted by Crippen LogP contribution is -2.49. The Labute approximate surface area is 89.1 Å². The highest BCUT2D eigenvalue weighted by molar-refractivity contribution is 5.82. The van der Waals surface area contributed by atoms with Crippen LogP contribution in [-0.2, 0) is 4.79 Å². The van der Waals surface area contributed by atoms with Gasteiger partial charge in [0, 0.05) is 14.1 Å². The van der Waals surface area contributed by atoms with Crippen molar-refractivity contribution in [2.24, 2.45) is 0 Å². The topological polar surface area (TPSA) is 81.1 Å². The van der Waals surface area contributed by atoms with Crippen molar-refractivity contribution in [3.05, 3.63) is 0 Å². The van der Waals surface area contributed by atoms with Crippen LogP contribution in [0.3, 0.4) is 0 Å². The molecule has 0 heterocycles. The molecule has 0 fully saturated rings. The summed E-state index contributed by atoms with van der Waals surface area (Å²) >= 11 is 0. The number of carboxylic acid groups (broad SMARTS) is 1. The summed E-state index contributed by atoms with van der Waals surface area (Å²) in [5.41, 5.74) is 0. The smallest absolute Gasteiger partial charge is 0.326 e. The maximum absolute atomic E-state index is 11.7. The normalized spacial score (nSPS) is 14.2. The lowest BCUT2D eigenvalue weighted by molar-refractivity contribution is -0.141. The maximum atomic E-state index is 11.7. The summed E-state index contributed by atoms with van der Waals surface area (Å²) in [5.74, 6) is -1.06. The van der Waals surface area contributed by atoms with E-state index in [0.717, 1.165) is 4.90 Å². The fourth-order valence-corrected chi connectivity index (χ4v) is 0.891. The third-order valence-corrected chi connectivity index (χ3v) is 2.47. The van der Waals surface area contributed by atoms with Crippen LogP contribution in [0.4, 0.5) is 4.79 Å². The molecule has 6 heteroatoms. The van der Waals surface area contributed by atoms with Crippen LogP contribution < -0.4 is 0 Å². The van der Waals surface area contributed by atoms with Gasteiger partial charge >= 0.3 is 12.0 Å². The first-order valence-electron chi connectivity index (χ1n) is 4.66. The van der Waals surface area contributed by atoms with Gasteiger partial charge in [-0.2, -0.15) is 0 Å². The average Bonchev–Trinajstić information content (AvgIpc) is 2.23. The van der Waals surface area contributed by atoms with E-state index in [1.54, 1.807) is 6.92 Å². The van der Waals surface area contributed by atoms with Crippen molar-refractivity contribution in [2.75, 3.05) is 20.7 Å². The SMILES string of the molecule is CC(CO)N(C)C(=O)N(C)C(C)C(=O)O. The van der Waals surface area contributed by atoms with Gasteiger partial charge in [-0.25, -0.2) is 9.59 Å². The van der Waals surface area contributed by atoms with Crippen molar-refractivity contribution >= 4 is 12.0 Å². The van der Waals surface area contributed by atoms with Crippen molar-refractivity contribution < 1.29 is 19.8 Å². The molecule has 0 spiro atoms. The minimum absolute atomic E-state index is 0.155. The summed E-state index contributed by atoms with van der Waals surface area (Å²) in [6.07, 6.45) is 0. The fourth-order valence-electron chi connectivity index (χ4n) is 0.891. The summed E-state index contributed by atoms with van der Waals surface area (Å²) in [7, 11) is 2.94. The van der Waals surface area contributed by atoms with E-state index < -0.39 is 18.0 Å². The largest absolute Gasteiger partial charge is 0.480 e. The average molecular weight is 218 g/mol. The Kier molecular flexibility index (Phi) is 5.07. The Morgan fingerprint density at radius 2 is 1.67 bits per heavy atom. The number of hydrogen-bond acceptors (Lipinski definition) is 3. The van der Waals surface area contributed by atoms with Crippen LogP contribution in [0, 0.1) is 0 Å². The van der Waals surface area contributed by atoms with Gasteiger partial charge in [0.25, 0.3) is 0 Å². The van der Waals surface area contributed by atoms with Crippen LogP contribution in [0.2, 0.25) is 0 Å². The molecule has 2 amide bonds. The van der Waals surface area contributed by atoms with Crippen molar-refractivity contribution in [1.82, 2.24) is 9.80 Å². The fraction of sp³-hybridized carbons (Fsp3) is 0.778. The van der Waals surface area contributed by atoms with Gasteiger partial charge < -0.3 is 20.0 Å². The van der Waals surface area contributed by atoms with Crippen molar-refractivity contribution in [2.45, 2.75) is 25.9 Å². The van der Waals surface area contributed by atoms with Crippen molar-refractivity contribution in [3.8, 4) is 0 Å². The molecule has 2 atom stereocenters. The summed E-state index contributed by atoms with van der Waals surface area (Å²) in [6, 6.07) is -1.64. The molecular weight excluding hydrogens is 200 g/mol. The van der Waals surface area contributed by atoms with Crippen molar-refractivity contribution in [1.29, 1.82) is 0 Å². The van der Waals surface area contributed by atoms with E-state index in [-0.39, 0.29) is 12.6 Å². The summed E-state index contributed by atoms with van der Waals surface area (Å²) in [6.45, 7) is 2.95. The molecule has 2 unspecified atom stereocenters. The Morgan fingerprint density at radius 1 is 1.20 bits per heavy atom. The first-order chi connectivity index (χ1) is 6.82. The number of carbonyl (C=O) groups is 2. The molecule has 15 heavy (non-hydrogen) atoms. The molecule has 0 aliphatic heterocycles. The molecule has 0 saturated heterocycles. The highest BCUT2D eigenvalue weighted by Crippen LogP contribution is 2.04. The zero-order valence-electron chi connectivity index (χ0n) is 9.47. The molecule has 0 aromatic rings. The molecule has 0 aromatic heterocycles. The standard InChI is InChI=1S/C9H18N2O4/c1-6(5-12)10(3)9(15)11(4)7(2)8(13)14/h6-7,12H,5H2,1-4H3,(H,13,14). The van der Waals surface area contributed by atoms with E-state index in [9.17, 15) is 9.59 Å². The molecule has 88 valence electrons. The summed E-state index contributed by atoms with van der Waals surface area (Å²) in [4.78, 5) is 24.7. The van der Waals surface area contributed by atoms with Crippen LogP contribution in [0.15, 0.2) is 0 Å². The number of aliphatic hydroxyl groups is 1. The minimum Gasteiger partial charge on any atom is -0.480 e. The van der Waals surface area contributed by atoms with Crippen LogP contribution in [-0.4, -0.2) is 64.8 Å². The molecule has 0 bridgehead atoms. The predicted molar refractivity (Wildman–Crippen MR) is 54.6 cm³/mol. The monoisotopic (exact) mass is 218 g/mol. The molecular formula is C9H18N2O4. The lowest BCUT2D eigenvalue weighted by atomic mass is 10.3. The van der Waals surface area contributed by atoms with Crippen LogP contribution in [0.25, 0.3) is 0 Å². The van der Waals surface area contributed by atoms with Gasteiger partial charge in [0.15, 0.2) is 0 Å². The second-order valence-corrected chi connectivity index (χ2v) is 3.55. The van der Waals surface area contributed by atoms with E-state index in [2.05, 4.69) is 0 Å². The number of aliphatic hydroxyl groups excluding tert-OH is 1. The second-order valence-electron chi connectivity index (χ2n) is 3.55. The number of nitrogens with zero attached hydrogens (tertiary/aromatic N) is 2. The summed E-state index contributed by atoms with van der Waals surface area (Å²) < 4.78 is 0. The Morgan fingerprint density at radius 3 is 2.00 bits per heavy atom. The molecule has 2 N–H and O–H groups in total. The van der Waals surface area contributed by atoms with Crippen molar-refractivity contribution in [3.63, 3.8) is 0 Å². The number of aliphatic carboxylic acids is 1. The van der Waals surface area contributed by atoms with Crippen LogP contribution in [0.1, 0.15) is 13.8 Å². The van der Waals surface area contributed by atoms with Gasteiger partial charge in [0.1, 0.15) is 6.04 Å². The Balaban J connectivity index is 4.50. The number of urea groups is 1. The van der Waals surface area contributed by atoms with E-state index in [1.807, 2.05) is 0 Å². The Bertz CT molecular complexity index is 244. The quantitative estimate of drug-likeness (QED) is 0.686. The Hall–Kier alpha value is -1.30. The first kappa shape index (κ1) is 13.7. The molecule has 6 nitrogen and oxygen atoms in total. The van der Waals surface area contributed by atoms with Gasteiger partial charge in [-0.3, -0.25) is 0 Å². The molecule has 0 radical (unpaired) electrons. The molecule has 0 aliphatic carbocycles. The number of hydrogen-bond donors (Lipinski definition) is 2. The summed E-state index contributed by atoms with van der Waals surface area (Å²) in [5, 5.41) is 17.6. The van der Waals surface area contributed by atoms with E-state index in [0.29, 0.717) is 0 Å². The third-order valence-electron chi connectivity index (χ3n) is 2.47. The molecule has 0 aromatic carbocycles. The zero-order chi connectivity index (χ0) is 12.2. The second kappa shape index (κ2) is 5.55. The van der Waals surface area contributed by atoms with Gasteiger partial charge in [-0.1, -0.05) is 0 Å². The van der Waals surface area contributed by atoms with Gasteiger partial charge in [0.2, 0.25) is 0 Å². The number of rotatable bonds is 4. The zero-order valence-corrected chi connectivity index (χ0v) is 9.47. The molecule has 0 rings (SSSR count). The van der Waals surface area contributed by atoms with Crippen LogP contribution >= 0.6 is 0 Å². The van der Waals surface area contributed by atoms with Gasteiger partial charge in [0.05, 0.1) is 12.6 Å². The highest BCUT2D eigenvalue weighted by atomic mass is 16.4. The number of carbonyl (C=O) groups excluding carboxylic acids is 1. The number of likely N-dealkylation sites (N-methyl/N-ethyl adjacent to an activating group) is 2. The van der Waals surface area contributed by atoms with E-state index >= 15 is 0 Å². The minimum atomic E-state index is -1.06. The third kappa shape index (κ3) is 3.39. The molecule has 0 aliphatic rings. The predicted octanol–water partition coefficient (Wildman–Crippen LogP) is -0.176. The maximum Gasteiger partial charge on any atom is 0.326 e. The lowest BCUT2D eigenvalue weighted by Gasteiger charge is -2.30. The molecule has 0 saturated carbocycles. The highest BCUT2D eigenvalue weighted by Gasteiger charge is 2.25. The number of amides is 2. The first-order valence-corrected chi connectivity index (χ1v) is 4.66. The van der Waals surface area contributed by atoms with Gasteiger partial charge in [-0.15, -0.1) is 0 Å². The van der Waals surface area contributed by atoms with E-state index in [1.165, 1.54) is 25.9 Å².